The minimum absolute atomic E-state index is 0.0477. The Bertz CT molecular complexity index is 929. The Balaban J connectivity index is 1.48. The molecule has 2 atom stereocenters. The molecule has 4 heterocycles. The van der Waals surface area contributed by atoms with E-state index in [9.17, 15) is 9.59 Å². The van der Waals surface area contributed by atoms with Crippen LogP contribution in [0.15, 0.2) is 48.7 Å². The summed E-state index contributed by atoms with van der Waals surface area (Å²) in [5, 5.41) is 0. The number of pyridine rings is 1. The van der Waals surface area contributed by atoms with Crippen LogP contribution in [0.2, 0.25) is 0 Å². The quantitative estimate of drug-likeness (QED) is 0.781. The van der Waals surface area contributed by atoms with E-state index in [1.54, 1.807) is 16.0 Å². The van der Waals surface area contributed by atoms with E-state index in [1.165, 1.54) is 0 Å². The molecule has 7 nitrogen and oxygen atoms in total. The van der Waals surface area contributed by atoms with Crippen LogP contribution in [0.25, 0.3) is 0 Å². The number of carbonyl (C=O) groups is 2. The van der Waals surface area contributed by atoms with Crippen LogP contribution in [0.1, 0.15) is 25.0 Å². The number of hydrogen-bond acceptors (Lipinski definition) is 5. The molecule has 2 bridgehead atoms. The maximum absolute atomic E-state index is 13.7. The number of carbonyl (C=O) groups excluding carboxylic acids is 2. The fourth-order valence-electron chi connectivity index (χ4n) is 4.61. The Kier molecular flexibility index (Phi) is 5.12. The van der Waals surface area contributed by atoms with Gasteiger partial charge in [0.15, 0.2) is 0 Å². The van der Waals surface area contributed by atoms with Gasteiger partial charge >= 0.3 is 0 Å². The van der Waals surface area contributed by atoms with Gasteiger partial charge in [-0.15, -0.1) is 0 Å². The van der Waals surface area contributed by atoms with Crippen molar-refractivity contribution in [2.75, 3.05) is 24.7 Å². The van der Waals surface area contributed by atoms with Crippen molar-refractivity contribution >= 4 is 17.5 Å². The molecule has 2 aromatic rings. The Labute approximate surface area is 175 Å². The van der Waals surface area contributed by atoms with Crippen molar-refractivity contribution in [3.63, 3.8) is 0 Å². The van der Waals surface area contributed by atoms with Gasteiger partial charge in [-0.3, -0.25) is 14.6 Å². The van der Waals surface area contributed by atoms with Crippen LogP contribution in [0.4, 0.5) is 5.69 Å². The smallest absolute Gasteiger partial charge is 0.250 e. The molecular weight excluding hydrogens is 382 g/mol. The lowest BCUT2D eigenvalue weighted by Gasteiger charge is -2.33. The van der Waals surface area contributed by atoms with Crippen molar-refractivity contribution < 1.29 is 19.1 Å². The first kappa shape index (κ1) is 19.1. The zero-order chi connectivity index (χ0) is 20.5. The summed E-state index contributed by atoms with van der Waals surface area (Å²) in [7, 11) is 0. The number of hydrogen-bond donors (Lipinski definition) is 0. The van der Waals surface area contributed by atoms with E-state index in [1.807, 2.05) is 42.5 Å². The Morgan fingerprint density at radius 2 is 1.90 bits per heavy atom. The predicted octanol–water partition coefficient (Wildman–Crippen LogP) is 2.40. The van der Waals surface area contributed by atoms with Crippen molar-refractivity contribution in [2.24, 2.45) is 5.92 Å². The monoisotopic (exact) mass is 407 g/mol. The van der Waals surface area contributed by atoms with Crippen molar-refractivity contribution in [1.29, 1.82) is 0 Å². The van der Waals surface area contributed by atoms with Gasteiger partial charge in [-0.2, -0.15) is 0 Å². The molecule has 0 N–H and O–H groups in total. The number of ether oxygens (including phenoxy) is 2. The lowest BCUT2D eigenvalue weighted by molar-refractivity contribution is -0.143. The highest BCUT2D eigenvalue weighted by Crippen LogP contribution is 2.37. The van der Waals surface area contributed by atoms with E-state index in [0.717, 1.165) is 11.4 Å². The van der Waals surface area contributed by atoms with E-state index in [4.69, 9.17) is 9.47 Å². The standard InChI is InChI=1S/C23H25N3O4/c27-22(16-8-11-29-12-9-16)26-15-18-13-20(26)23(28)25(14-17-5-3-4-10-24-17)19-6-1-2-7-21(19)30-18/h1-7,10,16,18,20H,8-9,11-15H2. The first-order chi connectivity index (χ1) is 14.7. The average molecular weight is 407 g/mol. The normalized spacial score (nSPS) is 24.1. The lowest BCUT2D eigenvalue weighted by atomic mass is 9.98. The van der Waals surface area contributed by atoms with Crippen LogP contribution in [-0.4, -0.2) is 53.6 Å². The number of likely N-dealkylation sites (tertiary alicyclic amines) is 1. The number of amides is 2. The molecule has 0 aliphatic carbocycles. The molecule has 3 aliphatic heterocycles. The minimum Gasteiger partial charge on any atom is -0.486 e. The maximum Gasteiger partial charge on any atom is 0.250 e. The van der Waals surface area contributed by atoms with E-state index in [-0.39, 0.29) is 23.8 Å². The Morgan fingerprint density at radius 3 is 2.70 bits per heavy atom. The van der Waals surface area contributed by atoms with Crippen LogP contribution >= 0.6 is 0 Å². The molecule has 2 unspecified atom stereocenters. The van der Waals surface area contributed by atoms with Gasteiger partial charge in [0.25, 0.3) is 0 Å². The molecule has 3 aliphatic rings. The molecule has 0 radical (unpaired) electrons. The Hall–Kier alpha value is -2.93. The third-order valence-corrected chi connectivity index (χ3v) is 6.16. The number of para-hydroxylation sites is 2. The highest BCUT2D eigenvalue weighted by Gasteiger charge is 2.46. The number of nitrogens with zero attached hydrogens (tertiary/aromatic N) is 3. The van der Waals surface area contributed by atoms with Crippen LogP contribution < -0.4 is 9.64 Å². The third-order valence-electron chi connectivity index (χ3n) is 6.16. The summed E-state index contributed by atoms with van der Waals surface area (Å²) in [5.74, 6) is 0.566. The average Bonchev–Trinajstić information content (AvgIpc) is 3.22. The molecule has 156 valence electrons. The second-order valence-corrected chi connectivity index (χ2v) is 8.08. The topological polar surface area (TPSA) is 72.0 Å². The molecular formula is C23H25N3O4. The molecule has 2 fully saturated rings. The highest BCUT2D eigenvalue weighted by atomic mass is 16.5. The summed E-state index contributed by atoms with van der Waals surface area (Å²) in [6, 6.07) is 12.7. The third kappa shape index (κ3) is 3.54. The van der Waals surface area contributed by atoms with E-state index >= 15 is 0 Å². The summed E-state index contributed by atoms with van der Waals surface area (Å²) < 4.78 is 11.7. The van der Waals surface area contributed by atoms with Crippen molar-refractivity contribution in [2.45, 2.75) is 38.0 Å². The number of benzene rings is 1. The predicted molar refractivity (Wildman–Crippen MR) is 110 cm³/mol. The highest BCUT2D eigenvalue weighted by molar-refractivity contribution is 6.01. The minimum atomic E-state index is -0.512. The van der Waals surface area contributed by atoms with Crippen LogP contribution in [0, 0.1) is 5.92 Å². The second-order valence-electron chi connectivity index (χ2n) is 8.08. The van der Waals surface area contributed by atoms with Crippen molar-refractivity contribution in [1.82, 2.24) is 9.88 Å². The second kappa shape index (κ2) is 8.07. The fourth-order valence-corrected chi connectivity index (χ4v) is 4.61. The molecule has 1 aromatic carbocycles. The van der Waals surface area contributed by atoms with Crippen LogP contribution in [0.5, 0.6) is 5.75 Å². The van der Waals surface area contributed by atoms with E-state index in [0.29, 0.717) is 51.3 Å². The Morgan fingerprint density at radius 1 is 1.10 bits per heavy atom. The van der Waals surface area contributed by atoms with Crippen LogP contribution in [0.3, 0.4) is 0 Å². The number of aromatic nitrogens is 1. The molecule has 1 aromatic heterocycles. The largest absolute Gasteiger partial charge is 0.486 e. The zero-order valence-corrected chi connectivity index (χ0v) is 16.8. The summed E-state index contributed by atoms with van der Waals surface area (Å²) in [6.45, 7) is 1.97. The van der Waals surface area contributed by atoms with Crippen molar-refractivity contribution in [3.8, 4) is 5.75 Å². The molecule has 0 saturated carbocycles. The maximum atomic E-state index is 13.7. The number of fused-ring (bicyclic) bond motifs is 3. The number of rotatable bonds is 3. The number of anilines is 1. The molecule has 5 rings (SSSR count). The zero-order valence-electron chi connectivity index (χ0n) is 16.8. The van der Waals surface area contributed by atoms with E-state index < -0.39 is 6.04 Å². The van der Waals surface area contributed by atoms with Crippen LogP contribution in [-0.2, 0) is 20.9 Å². The van der Waals surface area contributed by atoms with Gasteiger partial charge in [0.1, 0.15) is 17.9 Å². The van der Waals surface area contributed by atoms with Gasteiger partial charge in [-0.1, -0.05) is 18.2 Å². The van der Waals surface area contributed by atoms with Gasteiger partial charge in [0.2, 0.25) is 11.8 Å². The summed E-state index contributed by atoms with van der Waals surface area (Å²) in [4.78, 5) is 34.9. The summed E-state index contributed by atoms with van der Waals surface area (Å²) in [5.41, 5.74) is 1.52. The first-order valence-electron chi connectivity index (χ1n) is 10.6. The first-order valence-corrected chi connectivity index (χ1v) is 10.6. The van der Waals surface area contributed by atoms with Crippen molar-refractivity contribution in [3.05, 3.63) is 54.4 Å². The van der Waals surface area contributed by atoms with Gasteiger partial charge < -0.3 is 19.3 Å². The summed E-state index contributed by atoms with van der Waals surface area (Å²) >= 11 is 0. The molecule has 7 heteroatoms. The molecule has 2 amide bonds. The fraction of sp³-hybridized carbons (Fsp3) is 0.435. The molecule has 30 heavy (non-hydrogen) atoms. The SMILES string of the molecule is O=C1C2CC(CN2C(=O)C2CCOCC2)Oc2ccccc2N1Cc1ccccn1. The van der Waals surface area contributed by atoms with Gasteiger partial charge in [-0.25, -0.2) is 0 Å². The van der Waals surface area contributed by atoms with Gasteiger partial charge in [-0.05, 0) is 37.1 Å². The molecule has 0 spiro atoms. The lowest BCUT2D eigenvalue weighted by Crippen LogP contribution is -2.50. The van der Waals surface area contributed by atoms with Gasteiger partial charge in [0, 0.05) is 31.7 Å². The summed E-state index contributed by atoms with van der Waals surface area (Å²) in [6.07, 6.45) is 3.47. The van der Waals surface area contributed by atoms with E-state index in [2.05, 4.69) is 4.98 Å². The molecule has 2 saturated heterocycles. The van der Waals surface area contributed by atoms with Gasteiger partial charge in [0.05, 0.1) is 24.5 Å².